The van der Waals surface area contributed by atoms with E-state index in [9.17, 15) is 4.79 Å². The van der Waals surface area contributed by atoms with Crippen LogP contribution in [0.1, 0.15) is 53.4 Å². The molecule has 1 atom stereocenters. The summed E-state index contributed by atoms with van der Waals surface area (Å²) in [4.78, 5) is 11.6. The number of carbonyl (C=O) groups excluding carboxylic acids is 1. The quantitative estimate of drug-likeness (QED) is 0.607. The van der Waals surface area contributed by atoms with Gasteiger partial charge in [-0.2, -0.15) is 11.8 Å². The molecule has 0 saturated carbocycles. The molecule has 4 nitrogen and oxygen atoms in total. The number of thioether (sulfide) groups is 1. The van der Waals surface area contributed by atoms with Crippen molar-refractivity contribution in [2.24, 2.45) is 0 Å². The summed E-state index contributed by atoms with van der Waals surface area (Å²) in [7, 11) is 0. The Hall–Kier alpha value is -0.420. The van der Waals surface area contributed by atoms with E-state index in [1.807, 2.05) is 32.5 Å². The number of carbonyl (C=O) groups is 1. The zero-order valence-electron chi connectivity index (χ0n) is 13.8. The van der Waals surface area contributed by atoms with Crippen LogP contribution < -0.4 is 10.6 Å². The predicted octanol–water partition coefficient (Wildman–Crippen LogP) is 3.41. The first-order valence-electron chi connectivity index (χ1n) is 7.58. The third kappa shape index (κ3) is 12.6. The molecule has 0 aliphatic heterocycles. The molecule has 5 heteroatoms. The molecule has 0 aromatic rings. The van der Waals surface area contributed by atoms with Crippen LogP contribution in [0.2, 0.25) is 0 Å². The topological polar surface area (TPSA) is 50.4 Å². The second kappa shape index (κ2) is 11.3. The number of nitrogens with one attached hydrogen (secondary N) is 2. The lowest BCUT2D eigenvalue weighted by Gasteiger charge is -2.22. The molecule has 0 fully saturated rings. The van der Waals surface area contributed by atoms with Crippen LogP contribution in [0, 0.1) is 0 Å². The summed E-state index contributed by atoms with van der Waals surface area (Å²) in [6.45, 7) is 9.46. The standard InChI is InChI=1S/C15H32N2O2S/c1-6-7-9-13(16-10-8-11-20-5)12-17-14(18)19-15(2,3)4/h13,16H,6-12H2,1-5H3,(H,17,18). The van der Waals surface area contributed by atoms with Gasteiger partial charge in [0.05, 0.1) is 0 Å². The van der Waals surface area contributed by atoms with Crippen molar-refractivity contribution in [2.45, 2.75) is 65.0 Å². The molecule has 20 heavy (non-hydrogen) atoms. The number of alkyl carbamates (subject to hydrolysis) is 1. The van der Waals surface area contributed by atoms with E-state index >= 15 is 0 Å². The predicted molar refractivity (Wildman–Crippen MR) is 88.6 cm³/mol. The van der Waals surface area contributed by atoms with Gasteiger partial charge in [0.2, 0.25) is 0 Å². The number of hydrogen-bond acceptors (Lipinski definition) is 4. The van der Waals surface area contributed by atoms with Crippen LogP contribution in [-0.2, 0) is 4.74 Å². The Morgan fingerprint density at radius 2 is 2.00 bits per heavy atom. The van der Waals surface area contributed by atoms with E-state index in [0.29, 0.717) is 12.6 Å². The molecule has 0 aliphatic rings. The van der Waals surface area contributed by atoms with Crippen molar-refractivity contribution in [2.75, 3.05) is 25.1 Å². The summed E-state index contributed by atoms with van der Waals surface area (Å²) in [6, 6.07) is 0.337. The molecule has 2 N–H and O–H groups in total. The van der Waals surface area contributed by atoms with Gasteiger partial charge in [-0.15, -0.1) is 0 Å². The molecule has 0 aromatic carbocycles. The normalized spacial score (nSPS) is 13.1. The van der Waals surface area contributed by atoms with Crippen molar-refractivity contribution in [3.05, 3.63) is 0 Å². The van der Waals surface area contributed by atoms with E-state index < -0.39 is 5.60 Å². The van der Waals surface area contributed by atoms with Crippen LogP contribution in [0.15, 0.2) is 0 Å². The second-order valence-corrected chi connectivity index (χ2v) is 7.01. The molecule has 0 rings (SSSR count). The van der Waals surface area contributed by atoms with Crippen LogP contribution in [-0.4, -0.2) is 42.8 Å². The molecule has 0 spiro atoms. The average Bonchev–Trinajstić information content (AvgIpc) is 2.34. The van der Waals surface area contributed by atoms with E-state index in [-0.39, 0.29) is 6.09 Å². The maximum absolute atomic E-state index is 11.6. The third-order valence-electron chi connectivity index (χ3n) is 2.76. The molecule has 0 saturated heterocycles. The second-order valence-electron chi connectivity index (χ2n) is 6.02. The Morgan fingerprint density at radius 1 is 1.30 bits per heavy atom. The summed E-state index contributed by atoms with van der Waals surface area (Å²) in [5, 5.41) is 6.38. The van der Waals surface area contributed by atoms with Gasteiger partial charge in [0, 0.05) is 12.6 Å². The number of amides is 1. The van der Waals surface area contributed by atoms with Crippen molar-refractivity contribution < 1.29 is 9.53 Å². The molecular formula is C15H32N2O2S. The number of rotatable bonds is 10. The minimum atomic E-state index is -0.436. The van der Waals surface area contributed by atoms with Crippen molar-refractivity contribution in [1.82, 2.24) is 10.6 Å². The van der Waals surface area contributed by atoms with Gasteiger partial charge in [-0.3, -0.25) is 0 Å². The van der Waals surface area contributed by atoms with Crippen LogP contribution >= 0.6 is 11.8 Å². The first-order chi connectivity index (χ1) is 9.39. The van der Waals surface area contributed by atoms with Gasteiger partial charge in [-0.05, 0) is 52.2 Å². The average molecular weight is 304 g/mol. The highest BCUT2D eigenvalue weighted by Crippen LogP contribution is 2.07. The molecular weight excluding hydrogens is 272 g/mol. The number of hydrogen-bond donors (Lipinski definition) is 2. The molecule has 0 aliphatic carbocycles. The number of unbranched alkanes of at least 4 members (excludes halogenated alkanes) is 1. The molecule has 1 unspecified atom stereocenters. The zero-order chi connectivity index (χ0) is 15.4. The van der Waals surface area contributed by atoms with Crippen LogP contribution in [0.4, 0.5) is 4.79 Å². The lowest BCUT2D eigenvalue weighted by atomic mass is 10.1. The molecule has 120 valence electrons. The molecule has 0 bridgehead atoms. The zero-order valence-corrected chi connectivity index (χ0v) is 14.6. The van der Waals surface area contributed by atoms with Crippen LogP contribution in [0.5, 0.6) is 0 Å². The summed E-state index contributed by atoms with van der Waals surface area (Å²) in [5.74, 6) is 1.17. The third-order valence-corrected chi connectivity index (χ3v) is 3.45. The van der Waals surface area contributed by atoms with Gasteiger partial charge in [0.1, 0.15) is 5.60 Å². The summed E-state index contributed by atoms with van der Waals surface area (Å²) in [5.41, 5.74) is -0.436. The van der Waals surface area contributed by atoms with E-state index in [1.165, 1.54) is 18.6 Å². The lowest BCUT2D eigenvalue weighted by Crippen LogP contribution is -2.43. The Kier molecular flexibility index (Phi) is 11.0. The fraction of sp³-hybridized carbons (Fsp3) is 0.933. The van der Waals surface area contributed by atoms with E-state index in [1.54, 1.807) is 0 Å². The minimum absolute atomic E-state index is 0.329. The highest BCUT2D eigenvalue weighted by Gasteiger charge is 2.17. The van der Waals surface area contributed by atoms with Gasteiger partial charge in [-0.25, -0.2) is 4.79 Å². The fourth-order valence-corrected chi connectivity index (χ4v) is 2.20. The van der Waals surface area contributed by atoms with E-state index in [0.717, 1.165) is 19.4 Å². The molecule has 0 heterocycles. The Morgan fingerprint density at radius 3 is 2.55 bits per heavy atom. The van der Waals surface area contributed by atoms with Gasteiger partial charge >= 0.3 is 6.09 Å². The Balaban J connectivity index is 3.98. The largest absolute Gasteiger partial charge is 0.444 e. The van der Waals surface area contributed by atoms with Gasteiger partial charge < -0.3 is 15.4 Å². The molecule has 0 aromatic heterocycles. The summed E-state index contributed by atoms with van der Waals surface area (Å²) in [6.07, 6.45) is 6.40. The van der Waals surface area contributed by atoms with Crippen LogP contribution in [0.3, 0.4) is 0 Å². The van der Waals surface area contributed by atoms with Gasteiger partial charge in [0.25, 0.3) is 0 Å². The number of ether oxygens (including phenoxy) is 1. The van der Waals surface area contributed by atoms with Crippen molar-refractivity contribution >= 4 is 17.9 Å². The molecule has 1 amide bonds. The molecule has 0 radical (unpaired) electrons. The van der Waals surface area contributed by atoms with Crippen molar-refractivity contribution in [3.63, 3.8) is 0 Å². The van der Waals surface area contributed by atoms with Gasteiger partial charge in [0.15, 0.2) is 0 Å². The van der Waals surface area contributed by atoms with Gasteiger partial charge in [-0.1, -0.05) is 19.8 Å². The van der Waals surface area contributed by atoms with E-state index in [4.69, 9.17) is 4.74 Å². The van der Waals surface area contributed by atoms with Crippen molar-refractivity contribution in [3.8, 4) is 0 Å². The fourth-order valence-electron chi connectivity index (χ4n) is 1.77. The highest BCUT2D eigenvalue weighted by atomic mass is 32.2. The summed E-state index contributed by atoms with van der Waals surface area (Å²) >= 11 is 1.87. The lowest BCUT2D eigenvalue weighted by molar-refractivity contribution is 0.0521. The Labute approximate surface area is 128 Å². The maximum Gasteiger partial charge on any atom is 0.407 e. The monoisotopic (exact) mass is 304 g/mol. The highest BCUT2D eigenvalue weighted by molar-refractivity contribution is 7.98. The first kappa shape index (κ1) is 19.6. The minimum Gasteiger partial charge on any atom is -0.444 e. The first-order valence-corrected chi connectivity index (χ1v) is 8.97. The maximum atomic E-state index is 11.6. The SMILES string of the molecule is CCCCC(CNC(=O)OC(C)(C)C)NCCCSC. The van der Waals surface area contributed by atoms with Crippen molar-refractivity contribution in [1.29, 1.82) is 0 Å². The van der Waals surface area contributed by atoms with Crippen LogP contribution in [0.25, 0.3) is 0 Å². The summed E-state index contributed by atoms with van der Waals surface area (Å²) < 4.78 is 5.25. The van der Waals surface area contributed by atoms with E-state index in [2.05, 4.69) is 23.8 Å². The smallest absolute Gasteiger partial charge is 0.407 e. The Bertz CT molecular complexity index is 255.